The molecule has 7 heteroatoms. The Morgan fingerprint density at radius 1 is 1.62 bits per heavy atom. The highest BCUT2D eigenvalue weighted by Gasteiger charge is 1.74. The molecule has 0 aliphatic carbocycles. The lowest BCUT2D eigenvalue weighted by molar-refractivity contribution is 0.623. The number of halogens is 1. The topological polar surface area (TPSA) is 96.4 Å². The number of guanidine groups is 1. The van der Waals surface area contributed by atoms with Gasteiger partial charge >= 0.3 is 10.5 Å². The molecule has 0 aromatic rings. The summed E-state index contributed by atoms with van der Waals surface area (Å²) < 4.78 is 21.4. The number of hydrogen-bond donors (Lipinski definition) is 2. The van der Waals surface area contributed by atoms with Crippen molar-refractivity contribution < 1.29 is 13.1 Å². The minimum atomic E-state index is -2.57. The van der Waals surface area contributed by atoms with Crippen molar-refractivity contribution in [1.29, 1.82) is 5.41 Å². The Hall–Kier alpha value is -0.980. The monoisotopic (exact) mass is 141 g/mol. The highest BCUT2D eigenvalue weighted by molar-refractivity contribution is 7.62. The molecular weight excluding hydrogens is 137 g/mol. The maximum atomic E-state index is 9.42. The quantitative estimate of drug-likeness (QED) is 0.337. The molecule has 48 valence electrons. The highest BCUT2D eigenvalue weighted by Crippen LogP contribution is 1.56. The molecule has 0 unspecified atom stereocenters. The van der Waals surface area contributed by atoms with Crippen molar-refractivity contribution in [3.05, 3.63) is 0 Å². The lowest BCUT2D eigenvalue weighted by atomic mass is 11.1. The molecule has 0 rings (SSSR count). The normalized spacial score (nSPS) is 6.50. The second-order valence-corrected chi connectivity index (χ2v) is 1.31. The number of nitrogens with two attached hydrogens (primary N) is 1. The summed E-state index contributed by atoms with van der Waals surface area (Å²) in [7, 11) is -2.57. The lowest BCUT2D eigenvalue weighted by Crippen LogP contribution is -2.03. The van der Waals surface area contributed by atoms with E-state index in [4.69, 9.17) is 5.41 Å². The third-order valence-electron chi connectivity index (χ3n) is 0.173. The van der Waals surface area contributed by atoms with Gasteiger partial charge in [0.15, 0.2) is 0 Å². The highest BCUT2D eigenvalue weighted by atomic mass is 32.2. The summed E-state index contributed by atoms with van der Waals surface area (Å²) in [5.74, 6) is -0.701. The molecule has 0 spiro atoms. The summed E-state index contributed by atoms with van der Waals surface area (Å²) in [5.41, 5.74) is 4.52. The first-order valence-electron chi connectivity index (χ1n) is 1.28. The Kier molecular flexibility index (Phi) is 5.28. The maximum Gasteiger partial charge on any atom is 0.319 e. The molecule has 0 saturated carbocycles. The Morgan fingerprint density at radius 3 is 2.00 bits per heavy atom. The smallest absolute Gasteiger partial charge is 0.319 e. The molecule has 5 nitrogen and oxygen atoms in total. The molecule has 0 aromatic carbocycles. The van der Waals surface area contributed by atoms with Gasteiger partial charge in [0.25, 0.3) is 0 Å². The molecule has 3 N–H and O–H groups in total. The third kappa shape index (κ3) is 8.89. The van der Waals surface area contributed by atoms with Gasteiger partial charge in [0.1, 0.15) is 0 Å². The van der Waals surface area contributed by atoms with Gasteiger partial charge in [0, 0.05) is 0 Å². The van der Waals surface area contributed by atoms with Crippen LogP contribution in [0.25, 0.3) is 0 Å². The second-order valence-electron chi connectivity index (χ2n) is 0.694. The molecule has 0 aliphatic rings. The van der Waals surface area contributed by atoms with Crippen molar-refractivity contribution in [2.45, 2.75) is 0 Å². The number of rotatable bonds is 0. The molecule has 0 saturated heterocycles. The van der Waals surface area contributed by atoms with E-state index in [1.165, 1.54) is 0 Å². The standard InChI is InChI=1S/CH3N3O2S.FH/c2-1(3)4-7(5)6;/h(H3,2,3);1H. The largest absolute Gasteiger partial charge is 0.367 e. The van der Waals surface area contributed by atoms with Crippen molar-refractivity contribution in [3.63, 3.8) is 0 Å². The zero-order valence-corrected chi connectivity index (χ0v) is 4.47. The summed E-state index contributed by atoms with van der Waals surface area (Å²) in [6.07, 6.45) is 0. The molecule has 0 amide bonds. The van der Waals surface area contributed by atoms with E-state index < -0.39 is 16.5 Å². The Balaban J connectivity index is 0. The molecule has 0 fully saturated rings. The van der Waals surface area contributed by atoms with E-state index in [1.54, 1.807) is 0 Å². The molecule has 0 aromatic heterocycles. The van der Waals surface area contributed by atoms with Gasteiger partial charge in [0.05, 0.1) is 0 Å². The van der Waals surface area contributed by atoms with Crippen molar-refractivity contribution in [3.8, 4) is 0 Å². The van der Waals surface area contributed by atoms with Crippen LogP contribution in [0, 0.1) is 5.41 Å². The van der Waals surface area contributed by atoms with Crippen molar-refractivity contribution in [1.82, 2.24) is 0 Å². The van der Waals surface area contributed by atoms with Crippen LogP contribution in [0.15, 0.2) is 4.36 Å². The van der Waals surface area contributed by atoms with Crippen molar-refractivity contribution >= 4 is 16.5 Å². The van der Waals surface area contributed by atoms with Gasteiger partial charge in [-0.1, -0.05) is 4.36 Å². The molecule has 8 heavy (non-hydrogen) atoms. The number of hydrogen-bond acceptors (Lipinski definition) is 3. The fourth-order valence-electron chi connectivity index (χ4n) is 0.0803. The van der Waals surface area contributed by atoms with Crippen LogP contribution in [0.2, 0.25) is 0 Å². The van der Waals surface area contributed by atoms with Crippen LogP contribution in [0.1, 0.15) is 0 Å². The van der Waals surface area contributed by atoms with Gasteiger partial charge in [-0.15, -0.1) is 0 Å². The van der Waals surface area contributed by atoms with Crippen LogP contribution in [-0.4, -0.2) is 14.4 Å². The van der Waals surface area contributed by atoms with Crippen LogP contribution in [0.3, 0.4) is 0 Å². The van der Waals surface area contributed by atoms with E-state index in [0.29, 0.717) is 0 Å². The summed E-state index contributed by atoms with van der Waals surface area (Å²) in [5, 5.41) is 6.24. The summed E-state index contributed by atoms with van der Waals surface area (Å²) in [6, 6.07) is 0. The molecule has 0 aliphatic heterocycles. The van der Waals surface area contributed by atoms with Crippen LogP contribution < -0.4 is 5.73 Å². The number of nitrogens with one attached hydrogen (secondary N) is 1. The first-order chi connectivity index (χ1) is 3.13. The maximum absolute atomic E-state index is 9.42. The zero-order valence-electron chi connectivity index (χ0n) is 3.66. The zero-order chi connectivity index (χ0) is 5.86. The van der Waals surface area contributed by atoms with E-state index in [2.05, 4.69) is 10.1 Å². The van der Waals surface area contributed by atoms with Gasteiger partial charge in [-0.3, -0.25) is 10.1 Å². The van der Waals surface area contributed by atoms with E-state index in [-0.39, 0.29) is 4.70 Å². The van der Waals surface area contributed by atoms with Gasteiger partial charge in [-0.05, 0) is 0 Å². The first kappa shape index (κ1) is 10.1. The third-order valence-corrected chi connectivity index (χ3v) is 0.519. The summed E-state index contributed by atoms with van der Waals surface area (Å²) in [6.45, 7) is 0. The van der Waals surface area contributed by atoms with Crippen LogP contribution in [0.5, 0.6) is 0 Å². The lowest BCUT2D eigenvalue weighted by Gasteiger charge is -1.69. The number of nitrogens with zero attached hydrogens (tertiary/aromatic N) is 1. The molecular formula is CH4FN3O2S. The minimum Gasteiger partial charge on any atom is -0.367 e. The Bertz CT molecular complexity index is 185. The SMILES string of the molecule is F.N=C(N)N=S(=O)=O. The molecule has 0 heterocycles. The molecule has 0 radical (unpaired) electrons. The van der Waals surface area contributed by atoms with Gasteiger partial charge < -0.3 is 5.73 Å². The van der Waals surface area contributed by atoms with Crippen LogP contribution in [0.4, 0.5) is 4.70 Å². The Morgan fingerprint density at radius 2 is 2.00 bits per heavy atom. The average molecular weight is 141 g/mol. The second kappa shape index (κ2) is 4.19. The summed E-state index contributed by atoms with van der Waals surface area (Å²) >= 11 is 0. The first-order valence-corrected chi connectivity index (χ1v) is 2.31. The fraction of sp³-hybridized carbons (Fsp3) is 0. The summed E-state index contributed by atoms with van der Waals surface area (Å²) in [4.78, 5) is 0. The molecule has 0 atom stereocenters. The van der Waals surface area contributed by atoms with E-state index in [1.807, 2.05) is 0 Å². The van der Waals surface area contributed by atoms with Gasteiger partial charge in [-0.25, -0.2) is 0 Å². The van der Waals surface area contributed by atoms with Gasteiger partial charge in [0.2, 0.25) is 5.96 Å². The Labute approximate surface area is 46.1 Å². The molecule has 0 bridgehead atoms. The minimum absolute atomic E-state index is 0. The fourth-order valence-corrected chi connectivity index (χ4v) is 0.241. The predicted molar refractivity (Wildman–Crippen MR) is 25.8 cm³/mol. The predicted octanol–water partition coefficient (Wildman–Crippen LogP) is -0.905. The van der Waals surface area contributed by atoms with E-state index >= 15 is 0 Å². The van der Waals surface area contributed by atoms with Gasteiger partial charge in [-0.2, -0.15) is 8.42 Å². The average Bonchev–Trinajstić information content (AvgIpc) is 1.27. The van der Waals surface area contributed by atoms with Crippen LogP contribution >= 0.6 is 0 Å². The van der Waals surface area contributed by atoms with E-state index in [9.17, 15) is 8.42 Å². The van der Waals surface area contributed by atoms with Crippen molar-refractivity contribution in [2.75, 3.05) is 0 Å². The van der Waals surface area contributed by atoms with E-state index in [0.717, 1.165) is 0 Å². The van der Waals surface area contributed by atoms with Crippen LogP contribution in [-0.2, 0) is 10.5 Å². The van der Waals surface area contributed by atoms with Crippen molar-refractivity contribution in [2.24, 2.45) is 10.1 Å².